The van der Waals surface area contributed by atoms with E-state index in [-0.39, 0.29) is 27.8 Å². The summed E-state index contributed by atoms with van der Waals surface area (Å²) in [5.41, 5.74) is -0.718. The van der Waals surface area contributed by atoms with E-state index in [1.54, 1.807) is 0 Å². The van der Waals surface area contributed by atoms with E-state index in [1.807, 2.05) is 0 Å². The van der Waals surface area contributed by atoms with E-state index < -0.39 is 66.1 Å². The molecular weight excluding hydrogens is 576 g/mol. The van der Waals surface area contributed by atoms with Crippen molar-refractivity contribution in [3.05, 3.63) is 11.6 Å². The summed E-state index contributed by atoms with van der Waals surface area (Å²) in [4.78, 5) is 14.4. The number of esters is 1. The molecular formula is C36H58O9. The summed E-state index contributed by atoms with van der Waals surface area (Å²) >= 11 is 0. The molecule has 1 unspecified atom stereocenters. The SMILES string of the molecule is CC1(C)CC[C@]2(C(=O)O[C@@H]3O[C@H](CO)[C@@H](O)[C@H](O)[C@H]3O)CC[C@]3(C)C(=CC[C@@H]4[C@@]5(C)CC[C@H](O)C(C)(C)[C@@H]5CC[C@]43C)[C@@H]2C1O. The summed E-state index contributed by atoms with van der Waals surface area (Å²) in [6.45, 7) is 15.3. The van der Waals surface area contributed by atoms with Gasteiger partial charge in [-0.1, -0.05) is 60.1 Å². The Morgan fingerprint density at radius 3 is 2.18 bits per heavy atom. The minimum atomic E-state index is -1.68. The van der Waals surface area contributed by atoms with E-state index in [0.29, 0.717) is 31.1 Å². The first-order valence-corrected chi connectivity index (χ1v) is 17.4. The van der Waals surface area contributed by atoms with Gasteiger partial charge in [-0.05, 0) is 96.7 Å². The van der Waals surface area contributed by atoms with Gasteiger partial charge in [0, 0.05) is 5.92 Å². The number of hydrogen-bond donors (Lipinski definition) is 6. The van der Waals surface area contributed by atoms with Crippen LogP contribution in [0.5, 0.6) is 0 Å². The average molecular weight is 635 g/mol. The topological polar surface area (TPSA) is 157 Å². The van der Waals surface area contributed by atoms with E-state index in [4.69, 9.17) is 9.47 Å². The number of rotatable bonds is 3. The van der Waals surface area contributed by atoms with Crippen LogP contribution in [0, 0.1) is 50.2 Å². The summed E-state index contributed by atoms with van der Waals surface area (Å²) in [6.07, 6.45) is 0.793. The number of allylic oxidation sites excluding steroid dienone is 1. The molecule has 1 heterocycles. The molecule has 0 spiro atoms. The lowest BCUT2D eigenvalue weighted by Crippen LogP contribution is -2.67. The van der Waals surface area contributed by atoms with Crippen molar-refractivity contribution in [1.82, 2.24) is 0 Å². The van der Waals surface area contributed by atoms with Gasteiger partial charge in [-0.3, -0.25) is 4.79 Å². The van der Waals surface area contributed by atoms with E-state index in [0.717, 1.165) is 44.1 Å². The number of aliphatic hydroxyl groups excluding tert-OH is 6. The monoisotopic (exact) mass is 634 g/mol. The molecule has 14 atom stereocenters. The quantitative estimate of drug-likeness (QED) is 0.202. The lowest BCUT2D eigenvalue weighted by molar-refractivity contribution is -0.298. The molecule has 9 nitrogen and oxygen atoms in total. The fraction of sp³-hybridized carbons (Fsp3) is 0.917. The first-order valence-electron chi connectivity index (χ1n) is 17.4. The number of aliphatic hydroxyl groups is 6. The van der Waals surface area contributed by atoms with Crippen molar-refractivity contribution in [1.29, 1.82) is 0 Å². The summed E-state index contributed by atoms with van der Waals surface area (Å²) in [6, 6.07) is 0. The highest BCUT2D eigenvalue weighted by atomic mass is 16.7. The van der Waals surface area contributed by atoms with Crippen molar-refractivity contribution in [2.45, 2.75) is 149 Å². The molecule has 9 heteroatoms. The van der Waals surface area contributed by atoms with Crippen LogP contribution in [-0.2, 0) is 14.3 Å². The molecule has 45 heavy (non-hydrogen) atoms. The minimum absolute atomic E-state index is 0.0602. The van der Waals surface area contributed by atoms with Crippen LogP contribution in [0.3, 0.4) is 0 Å². The highest BCUT2D eigenvalue weighted by Crippen LogP contribution is 2.75. The van der Waals surface area contributed by atoms with Gasteiger partial charge in [0.25, 0.3) is 0 Å². The van der Waals surface area contributed by atoms with Crippen LogP contribution in [-0.4, -0.2) is 86.1 Å². The van der Waals surface area contributed by atoms with Crippen LogP contribution in [0.4, 0.5) is 0 Å². The molecule has 0 aromatic carbocycles. The van der Waals surface area contributed by atoms with Crippen LogP contribution in [0.2, 0.25) is 0 Å². The average Bonchev–Trinajstić information content (AvgIpc) is 2.97. The van der Waals surface area contributed by atoms with Crippen molar-refractivity contribution in [3.8, 4) is 0 Å². The molecule has 1 saturated heterocycles. The Morgan fingerprint density at radius 2 is 1.51 bits per heavy atom. The van der Waals surface area contributed by atoms with Crippen molar-refractivity contribution in [2.75, 3.05) is 6.61 Å². The maximum absolute atomic E-state index is 14.4. The summed E-state index contributed by atoms with van der Waals surface area (Å²) in [7, 11) is 0. The first-order chi connectivity index (χ1) is 20.8. The summed E-state index contributed by atoms with van der Waals surface area (Å²) < 4.78 is 11.5. The molecule has 0 bridgehead atoms. The van der Waals surface area contributed by atoms with Gasteiger partial charge in [0.1, 0.15) is 24.4 Å². The van der Waals surface area contributed by atoms with E-state index in [1.165, 1.54) is 0 Å². The summed E-state index contributed by atoms with van der Waals surface area (Å²) in [5, 5.41) is 64.2. The molecule has 0 aromatic heterocycles. The predicted molar refractivity (Wildman–Crippen MR) is 166 cm³/mol. The molecule has 4 saturated carbocycles. The Morgan fingerprint density at radius 1 is 0.844 bits per heavy atom. The Labute approximate surface area is 268 Å². The number of ether oxygens (including phenoxy) is 2. The molecule has 5 fully saturated rings. The number of hydrogen-bond acceptors (Lipinski definition) is 9. The van der Waals surface area contributed by atoms with E-state index >= 15 is 0 Å². The molecule has 6 N–H and O–H groups in total. The van der Waals surface area contributed by atoms with Gasteiger partial charge in [-0.25, -0.2) is 0 Å². The second kappa shape index (κ2) is 10.7. The second-order valence-electron chi connectivity index (χ2n) is 17.8. The van der Waals surface area contributed by atoms with Gasteiger partial charge >= 0.3 is 5.97 Å². The lowest BCUT2D eigenvalue weighted by Gasteiger charge is -2.71. The molecule has 6 aliphatic rings. The number of carbonyl (C=O) groups is 1. The minimum Gasteiger partial charge on any atom is -0.432 e. The Balaban J connectivity index is 1.38. The molecule has 256 valence electrons. The van der Waals surface area contributed by atoms with Gasteiger partial charge in [0.2, 0.25) is 6.29 Å². The third kappa shape index (κ3) is 4.46. The zero-order valence-corrected chi connectivity index (χ0v) is 28.3. The third-order valence-electron chi connectivity index (χ3n) is 15.3. The molecule has 0 amide bonds. The molecule has 0 radical (unpaired) electrons. The zero-order valence-electron chi connectivity index (χ0n) is 28.3. The fourth-order valence-electron chi connectivity index (χ4n) is 12.0. The maximum Gasteiger partial charge on any atom is 0.315 e. The van der Waals surface area contributed by atoms with Crippen molar-refractivity contribution in [3.63, 3.8) is 0 Å². The number of carbonyl (C=O) groups excluding carboxylic acids is 1. The van der Waals surface area contributed by atoms with Crippen molar-refractivity contribution < 1.29 is 44.9 Å². The van der Waals surface area contributed by atoms with Gasteiger partial charge in [-0.15, -0.1) is 0 Å². The largest absolute Gasteiger partial charge is 0.432 e. The normalized spacial score (nSPS) is 53.6. The van der Waals surface area contributed by atoms with Crippen LogP contribution >= 0.6 is 0 Å². The standard InChI is InChI=1S/C36H58O9/c1-31(2)14-16-36(30(43)45-29-27(41)26(40)25(39)20(18-37)44-29)17-15-34(6)19(24(36)28(31)42)8-9-22-33(5)12-11-23(38)32(3,4)21(33)10-13-35(22,34)7/h8,20-29,37-42H,9-18H2,1-7H3/t20-,21+,22-,23+,24-,25-,26+,27-,28?,29+,33+,34-,35-,36+/m1/s1. The highest BCUT2D eigenvalue weighted by Gasteiger charge is 2.71. The van der Waals surface area contributed by atoms with Gasteiger partial charge in [0.05, 0.1) is 24.2 Å². The molecule has 5 aliphatic carbocycles. The van der Waals surface area contributed by atoms with E-state index in [9.17, 15) is 35.4 Å². The first kappa shape index (κ1) is 33.8. The van der Waals surface area contributed by atoms with Crippen LogP contribution in [0.15, 0.2) is 11.6 Å². The lowest BCUT2D eigenvalue weighted by atomic mass is 9.33. The molecule has 0 aromatic rings. The number of fused-ring (bicyclic) bond motifs is 7. The Bertz CT molecular complexity index is 1210. The van der Waals surface area contributed by atoms with Crippen LogP contribution < -0.4 is 0 Å². The molecule has 6 rings (SSSR count). The highest BCUT2D eigenvalue weighted by molar-refractivity contribution is 5.79. The fourth-order valence-corrected chi connectivity index (χ4v) is 12.0. The molecule has 1 aliphatic heterocycles. The smallest absolute Gasteiger partial charge is 0.315 e. The van der Waals surface area contributed by atoms with Crippen molar-refractivity contribution >= 4 is 5.97 Å². The van der Waals surface area contributed by atoms with Crippen LogP contribution in [0.25, 0.3) is 0 Å². The zero-order chi connectivity index (χ0) is 33.1. The van der Waals surface area contributed by atoms with Gasteiger partial charge in [0.15, 0.2) is 0 Å². The predicted octanol–water partition coefficient (Wildman–Crippen LogP) is 3.46. The van der Waals surface area contributed by atoms with Crippen LogP contribution in [0.1, 0.15) is 106 Å². The maximum atomic E-state index is 14.4. The van der Waals surface area contributed by atoms with E-state index in [2.05, 4.69) is 54.5 Å². The Hall–Kier alpha value is -1.07. The van der Waals surface area contributed by atoms with Gasteiger partial charge in [-0.2, -0.15) is 0 Å². The Kier molecular flexibility index (Phi) is 8.05. The van der Waals surface area contributed by atoms with Gasteiger partial charge < -0.3 is 40.1 Å². The second-order valence-corrected chi connectivity index (χ2v) is 17.8. The summed E-state index contributed by atoms with van der Waals surface area (Å²) in [5.74, 6) is -0.224. The van der Waals surface area contributed by atoms with Crippen molar-refractivity contribution in [2.24, 2.45) is 50.2 Å². The third-order valence-corrected chi connectivity index (χ3v) is 15.3.